The van der Waals surface area contributed by atoms with E-state index in [2.05, 4.69) is 19.2 Å². The van der Waals surface area contributed by atoms with Crippen LogP contribution in [0.1, 0.15) is 42.6 Å². The van der Waals surface area contributed by atoms with E-state index in [1.54, 1.807) is 18.9 Å². The molecular formula is C23H29NO4S. The van der Waals surface area contributed by atoms with E-state index >= 15 is 0 Å². The number of hydrogen-bond donors (Lipinski definition) is 1. The molecule has 2 aromatic rings. The van der Waals surface area contributed by atoms with Gasteiger partial charge in [-0.15, -0.1) is 11.8 Å². The normalized spacial score (nSPS) is 16.1. The first kappa shape index (κ1) is 21.5. The Kier molecular flexibility index (Phi) is 7.83. The maximum atomic E-state index is 12.7. The van der Waals surface area contributed by atoms with E-state index in [4.69, 9.17) is 14.2 Å². The number of ether oxygens (including phenoxy) is 3. The Balaban J connectivity index is 1.61. The summed E-state index contributed by atoms with van der Waals surface area (Å²) >= 11 is 1.69. The van der Waals surface area contributed by atoms with Gasteiger partial charge in [0.15, 0.2) is 11.5 Å². The predicted octanol–water partition coefficient (Wildman–Crippen LogP) is 4.68. The van der Waals surface area contributed by atoms with Gasteiger partial charge in [0.25, 0.3) is 5.91 Å². The van der Waals surface area contributed by atoms with Crippen LogP contribution in [-0.4, -0.2) is 37.6 Å². The number of carbonyl (C=O) groups excluding carboxylic acids is 1. The zero-order chi connectivity index (χ0) is 20.6. The smallest absolute Gasteiger partial charge is 0.252 e. The lowest BCUT2D eigenvalue weighted by Gasteiger charge is -2.15. The average Bonchev–Trinajstić information content (AvgIpc) is 3.24. The number of hydrogen-bond acceptors (Lipinski definition) is 5. The number of methoxy groups -OCH3 is 1. The quantitative estimate of drug-likeness (QED) is 0.603. The molecule has 0 bridgehead atoms. The number of rotatable bonds is 9. The molecule has 1 saturated heterocycles. The molecule has 1 amide bonds. The summed E-state index contributed by atoms with van der Waals surface area (Å²) in [4.78, 5) is 13.7. The van der Waals surface area contributed by atoms with Crippen LogP contribution in [0.3, 0.4) is 0 Å². The fraction of sp³-hybridized carbons (Fsp3) is 0.435. The summed E-state index contributed by atoms with van der Waals surface area (Å²) in [6.45, 7) is 5.99. The summed E-state index contributed by atoms with van der Waals surface area (Å²) in [6.07, 6.45) is 2.27. The zero-order valence-corrected chi connectivity index (χ0v) is 18.1. The van der Waals surface area contributed by atoms with E-state index in [-0.39, 0.29) is 12.0 Å². The Labute approximate surface area is 177 Å². The van der Waals surface area contributed by atoms with E-state index in [1.807, 2.05) is 42.5 Å². The van der Waals surface area contributed by atoms with Crippen molar-refractivity contribution < 1.29 is 19.0 Å². The molecule has 1 fully saturated rings. The number of carbonyl (C=O) groups is 1. The van der Waals surface area contributed by atoms with E-state index in [0.29, 0.717) is 35.5 Å². The molecule has 156 valence electrons. The van der Waals surface area contributed by atoms with Gasteiger partial charge in [-0.25, -0.2) is 0 Å². The Morgan fingerprint density at radius 3 is 2.79 bits per heavy atom. The van der Waals surface area contributed by atoms with E-state index in [9.17, 15) is 4.79 Å². The molecule has 0 aromatic heterocycles. The molecule has 0 aliphatic carbocycles. The highest BCUT2D eigenvalue weighted by molar-refractivity contribution is 8.00. The molecule has 0 saturated carbocycles. The van der Waals surface area contributed by atoms with Gasteiger partial charge < -0.3 is 19.5 Å². The predicted molar refractivity (Wildman–Crippen MR) is 116 cm³/mol. The third-order valence-corrected chi connectivity index (χ3v) is 5.71. The highest BCUT2D eigenvalue weighted by atomic mass is 32.2. The molecule has 0 spiro atoms. The highest BCUT2D eigenvalue weighted by Crippen LogP contribution is 2.29. The van der Waals surface area contributed by atoms with Gasteiger partial charge in [-0.3, -0.25) is 4.79 Å². The van der Waals surface area contributed by atoms with Crippen LogP contribution in [0, 0.1) is 0 Å². The Morgan fingerprint density at radius 2 is 2.07 bits per heavy atom. The molecule has 29 heavy (non-hydrogen) atoms. The molecule has 2 aromatic carbocycles. The summed E-state index contributed by atoms with van der Waals surface area (Å²) < 4.78 is 16.9. The van der Waals surface area contributed by atoms with E-state index in [1.165, 1.54) is 0 Å². The van der Waals surface area contributed by atoms with Crippen molar-refractivity contribution in [3.63, 3.8) is 0 Å². The minimum absolute atomic E-state index is 0.0774. The molecule has 1 aliphatic rings. The van der Waals surface area contributed by atoms with Gasteiger partial charge in [0.2, 0.25) is 0 Å². The maximum Gasteiger partial charge on any atom is 0.252 e. The summed E-state index contributed by atoms with van der Waals surface area (Å²) in [6, 6.07) is 13.4. The third kappa shape index (κ3) is 6.15. The molecule has 1 N–H and O–H groups in total. The molecule has 1 heterocycles. The Hall–Kier alpha value is -2.18. The molecule has 1 aliphatic heterocycles. The molecule has 1 atom stereocenters. The van der Waals surface area contributed by atoms with Crippen LogP contribution in [0.5, 0.6) is 11.5 Å². The Bertz CT molecular complexity index is 818. The number of benzene rings is 2. The molecule has 1 unspecified atom stereocenters. The van der Waals surface area contributed by atoms with Gasteiger partial charge in [0, 0.05) is 23.3 Å². The van der Waals surface area contributed by atoms with Crippen molar-refractivity contribution in [1.29, 1.82) is 0 Å². The molecular weight excluding hydrogens is 386 g/mol. The lowest BCUT2D eigenvalue weighted by atomic mass is 10.1. The number of amides is 1. The van der Waals surface area contributed by atoms with Gasteiger partial charge in [-0.1, -0.05) is 32.0 Å². The number of nitrogens with one attached hydrogen (secondary N) is 1. The largest absolute Gasteiger partial charge is 0.493 e. The topological polar surface area (TPSA) is 56.8 Å². The van der Waals surface area contributed by atoms with Gasteiger partial charge in [0.1, 0.15) is 6.61 Å². The van der Waals surface area contributed by atoms with Crippen molar-refractivity contribution in [2.75, 3.05) is 20.3 Å². The van der Waals surface area contributed by atoms with Gasteiger partial charge in [-0.05, 0) is 42.7 Å². The van der Waals surface area contributed by atoms with Crippen molar-refractivity contribution in [2.45, 2.75) is 49.5 Å². The fourth-order valence-electron chi connectivity index (χ4n) is 3.19. The molecule has 5 nitrogen and oxygen atoms in total. The van der Waals surface area contributed by atoms with Crippen molar-refractivity contribution in [2.24, 2.45) is 0 Å². The van der Waals surface area contributed by atoms with Crippen LogP contribution in [-0.2, 0) is 11.3 Å². The second-order valence-electron chi connectivity index (χ2n) is 7.28. The lowest BCUT2D eigenvalue weighted by Crippen LogP contribution is -2.23. The SMILES string of the molecule is COc1cc(CNC(=O)c2ccccc2SC(C)C)ccc1OCC1CCCO1. The fourth-order valence-corrected chi connectivity index (χ4v) is 4.14. The van der Waals surface area contributed by atoms with Crippen molar-refractivity contribution in [3.05, 3.63) is 53.6 Å². The summed E-state index contributed by atoms with van der Waals surface area (Å²) in [7, 11) is 1.62. The minimum Gasteiger partial charge on any atom is -0.493 e. The van der Waals surface area contributed by atoms with Crippen LogP contribution >= 0.6 is 11.8 Å². The third-order valence-electron chi connectivity index (χ3n) is 4.62. The highest BCUT2D eigenvalue weighted by Gasteiger charge is 2.17. The maximum absolute atomic E-state index is 12.7. The lowest BCUT2D eigenvalue weighted by molar-refractivity contribution is 0.0669. The molecule has 6 heteroatoms. The standard InChI is InChI=1S/C23H29NO4S/c1-16(2)29-22-9-5-4-8-19(22)23(25)24-14-17-10-11-20(21(13-17)26-3)28-15-18-7-6-12-27-18/h4-5,8-11,13,16,18H,6-7,12,14-15H2,1-3H3,(H,24,25). The zero-order valence-electron chi connectivity index (χ0n) is 17.3. The summed E-state index contributed by atoms with van der Waals surface area (Å²) in [5, 5.41) is 3.42. The molecule has 3 rings (SSSR count). The second-order valence-corrected chi connectivity index (χ2v) is 8.90. The van der Waals surface area contributed by atoms with Crippen LogP contribution in [0.25, 0.3) is 0 Å². The Morgan fingerprint density at radius 1 is 1.24 bits per heavy atom. The van der Waals surface area contributed by atoms with Crippen molar-refractivity contribution >= 4 is 17.7 Å². The van der Waals surface area contributed by atoms with E-state index < -0.39 is 0 Å². The van der Waals surface area contributed by atoms with Gasteiger partial charge in [-0.2, -0.15) is 0 Å². The van der Waals surface area contributed by atoms with Gasteiger partial charge >= 0.3 is 0 Å². The first-order valence-electron chi connectivity index (χ1n) is 10.0. The van der Waals surface area contributed by atoms with Crippen LogP contribution in [0.4, 0.5) is 0 Å². The van der Waals surface area contributed by atoms with Crippen LogP contribution in [0.15, 0.2) is 47.4 Å². The summed E-state index contributed by atoms with van der Waals surface area (Å²) in [5.74, 6) is 1.27. The van der Waals surface area contributed by atoms with Crippen molar-refractivity contribution in [3.8, 4) is 11.5 Å². The van der Waals surface area contributed by atoms with E-state index in [0.717, 1.165) is 29.9 Å². The monoisotopic (exact) mass is 415 g/mol. The van der Waals surface area contributed by atoms with Crippen molar-refractivity contribution in [1.82, 2.24) is 5.32 Å². The van der Waals surface area contributed by atoms with Crippen LogP contribution in [0.2, 0.25) is 0 Å². The first-order chi connectivity index (χ1) is 14.1. The first-order valence-corrected chi connectivity index (χ1v) is 10.9. The average molecular weight is 416 g/mol. The van der Waals surface area contributed by atoms with Crippen LogP contribution < -0.4 is 14.8 Å². The summed E-state index contributed by atoms with van der Waals surface area (Å²) in [5.41, 5.74) is 1.66. The van der Waals surface area contributed by atoms with Gasteiger partial charge in [0.05, 0.1) is 18.8 Å². The minimum atomic E-state index is -0.0774. The second kappa shape index (κ2) is 10.6. The molecule has 0 radical (unpaired) electrons. The number of thioether (sulfide) groups is 1.